The Balaban J connectivity index is 1.68. The van der Waals surface area contributed by atoms with Gasteiger partial charge in [-0.1, -0.05) is 17.7 Å². The molecule has 1 aliphatic rings. The number of aromatic nitrogens is 1. The summed E-state index contributed by atoms with van der Waals surface area (Å²) in [4.78, 5) is 24.2. The maximum absolute atomic E-state index is 14.7. The number of carboxylic acid groups (broad SMARTS) is 1. The number of carboxylic acids is 1. The summed E-state index contributed by atoms with van der Waals surface area (Å²) in [5.74, 6) is -5.70. The van der Waals surface area contributed by atoms with Crippen molar-refractivity contribution < 1.29 is 41.4 Å². The van der Waals surface area contributed by atoms with Gasteiger partial charge in [0.1, 0.15) is 11.7 Å². The molecule has 200 valence electrons. The first-order valence-corrected chi connectivity index (χ1v) is 11.8. The molecule has 1 fully saturated rings. The Labute approximate surface area is 218 Å². The van der Waals surface area contributed by atoms with Crippen molar-refractivity contribution in [3.63, 3.8) is 0 Å². The molecule has 38 heavy (non-hydrogen) atoms. The lowest BCUT2D eigenvalue weighted by atomic mass is 9.94. The van der Waals surface area contributed by atoms with Crippen molar-refractivity contribution in [2.24, 2.45) is 11.8 Å². The van der Waals surface area contributed by atoms with Crippen molar-refractivity contribution in [2.75, 3.05) is 5.32 Å². The molecule has 0 spiro atoms. The van der Waals surface area contributed by atoms with Crippen molar-refractivity contribution >= 4 is 29.2 Å². The minimum atomic E-state index is -3.07. The van der Waals surface area contributed by atoms with E-state index in [9.17, 15) is 36.7 Å². The van der Waals surface area contributed by atoms with Crippen LogP contribution in [0.25, 0.3) is 11.1 Å². The number of rotatable bonds is 9. The number of pyridine rings is 1. The monoisotopic (exact) mass is 554 g/mol. The summed E-state index contributed by atoms with van der Waals surface area (Å²) in [5, 5.41) is 24.2. The van der Waals surface area contributed by atoms with Crippen LogP contribution in [0.2, 0.25) is 5.02 Å². The molecule has 1 aliphatic carbocycles. The van der Waals surface area contributed by atoms with Gasteiger partial charge in [0.2, 0.25) is 18.0 Å². The van der Waals surface area contributed by atoms with Gasteiger partial charge in [0.15, 0.2) is 6.20 Å². The fourth-order valence-electron chi connectivity index (χ4n) is 4.39. The molecule has 0 bridgehead atoms. The predicted molar refractivity (Wildman–Crippen MR) is 128 cm³/mol. The molecule has 1 saturated carbocycles. The van der Waals surface area contributed by atoms with Crippen LogP contribution in [0.5, 0.6) is 0 Å². The Kier molecular flexibility index (Phi) is 7.86. The zero-order valence-corrected chi connectivity index (χ0v) is 20.1. The van der Waals surface area contributed by atoms with Crippen molar-refractivity contribution in [1.29, 1.82) is 0 Å². The zero-order valence-electron chi connectivity index (χ0n) is 19.4. The molecule has 3 aromatic rings. The first-order valence-electron chi connectivity index (χ1n) is 11.4. The normalized spacial score (nSPS) is 17.5. The number of nitrogens with zero attached hydrogens (tertiary/aromatic N) is 1. The quantitative estimate of drug-likeness (QED) is 0.181. The van der Waals surface area contributed by atoms with Gasteiger partial charge >= 0.3 is 5.97 Å². The van der Waals surface area contributed by atoms with E-state index in [1.165, 1.54) is 30.3 Å². The van der Waals surface area contributed by atoms with Crippen LogP contribution in [-0.4, -0.2) is 23.4 Å². The first kappa shape index (κ1) is 27.3. The molecule has 0 radical (unpaired) electrons. The summed E-state index contributed by atoms with van der Waals surface area (Å²) >= 11 is 5.76. The molecule has 2 N–H and O–H groups in total. The number of carbonyl (C=O) groups is 2. The van der Waals surface area contributed by atoms with Crippen LogP contribution in [0.1, 0.15) is 46.8 Å². The number of nitrogens with one attached hydrogen (secondary N) is 1. The summed E-state index contributed by atoms with van der Waals surface area (Å²) in [6.45, 7) is 0. The molecule has 1 heterocycles. The van der Waals surface area contributed by atoms with Gasteiger partial charge in [0, 0.05) is 28.8 Å². The van der Waals surface area contributed by atoms with Crippen molar-refractivity contribution in [3.05, 3.63) is 87.6 Å². The van der Waals surface area contributed by atoms with E-state index in [4.69, 9.17) is 16.7 Å². The molecule has 3 atom stereocenters. The fourth-order valence-corrected chi connectivity index (χ4v) is 4.55. The third kappa shape index (κ3) is 5.72. The van der Waals surface area contributed by atoms with E-state index in [0.29, 0.717) is 0 Å². The summed E-state index contributed by atoms with van der Waals surface area (Å²) < 4.78 is 68.3. The van der Waals surface area contributed by atoms with Crippen LogP contribution < -0.4 is 10.0 Å². The molecular formula is C26H20ClF5N2O4. The van der Waals surface area contributed by atoms with Gasteiger partial charge in [-0.15, -0.1) is 0 Å². The van der Waals surface area contributed by atoms with Crippen LogP contribution in [0.3, 0.4) is 0 Å². The van der Waals surface area contributed by atoms with Gasteiger partial charge in [-0.25, -0.2) is 26.7 Å². The molecule has 2 aromatic carbocycles. The van der Waals surface area contributed by atoms with Crippen LogP contribution in [0, 0.1) is 22.9 Å². The second-order valence-electron chi connectivity index (χ2n) is 8.95. The second kappa shape index (κ2) is 10.9. The number of anilines is 1. The van der Waals surface area contributed by atoms with Gasteiger partial charge in [-0.05, 0) is 55.2 Å². The topological polar surface area (TPSA) is 93.3 Å². The zero-order chi connectivity index (χ0) is 27.7. The number of alkyl halides is 4. The van der Waals surface area contributed by atoms with Crippen LogP contribution >= 0.6 is 11.6 Å². The molecule has 1 aromatic heterocycles. The second-order valence-corrected chi connectivity index (χ2v) is 9.36. The van der Waals surface area contributed by atoms with Crippen molar-refractivity contribution in [3.8, 4) is 11.1 Å². The highest BCUT2D eigenvalue weighted by atomic mass is 35.5. The number of hydrogen-bond donors (Lipinski definition) is 2. The largest absolute Gasteiger partial charge is 0.618 e. The van der Waals surface area contributed by atoms with E-state index in [1.807, 2.05) is 0 Å². The smallest absolute Gasteiger partial charge is 0.335 e. The van der Waals surface area contributed by atoms with E-state index in [2.05, 4.69) is 5.32 Å². The minimum absolute atomic E-state index is 0.0262. The SMILES string of the molecule is O=C(O)c1ccc(NC(=O)C(CC2CC2C(F)F)c2ccc(-c3c(C(F)F)ccc(Cl)c3F)c[n+]2[O-])cc1. The highest BCUT2D eigenvalue weighted by molar-refractivity contribution is 6.31. The lowest BCUT2D eigenvalue weighted by molar-refractivity contribution is -0.614. The van der Waals surface area contributed by atoms with Gasteiger partial charge in [-0.2, -0.15) is 4.73 Å². The maximum Gasteiger partial charge on any atom is 0.335 e. The highest BCUT2D eigenvalue weighted by Gasteiger charge is 2.47. The summed E-state index contributed by atoms with van der Waals surface area (Å²) in [6.07, 6.45) is -4.76. The van der Waals surface area contributed by atoms with Gasteiger partial charge in [-0.3, -0.25) is 4.79 Å². The highest BCUT2D eigenvalue weighted by Crippen LogP contribution is 2.48. The number of carbonyl (C=O) groups excluding carboxylic acids is 1. The Morgan fingerprint density at radius 2 is 1.76 bits per heavy atom. The molecule has 6 nitrogen and oxygen atoms in total. The maximum atomic E-state index is 14.7. The molecule has 0 saturated heterocycles. The summed E-state index contributed by atoms with van der Waals surface area (Å²) in [7, 11) is 0. The molecule has 4 rings (SSSR count). The number of benzene rings is 2. The fraction of sp³-hybridized carbons (Fsp3) is 0.269. The average molecular weight is 555 g/mol. The number of hydrogen-bond acceptors (Lipinski definition) is 3. The minimum Gasteiger partial charge on any atom is -0.618 e. The third-order valence-corrected chi connectivity index (χ3v) is 6.80. The Bertz CT molecular complexity index is 1370. The summed E-state index contributed by atoms with van der Waals surface area (Å²) in [5.41, 5.74) is -1.43. The summed E-state index contributed by atoms with van der Waals surface area (Å²) in [6, 6.07) is 9.43. The predicted octanol–water partition coefficient (Wildman–Crippen LogP) is 6.43. The van der Waals surface area contributed by atoms with Gasteiger partial charge in [0.05, 0.1) is 16.1 Å². The Morgan fingerprint density at radius 3 is 2.32 bits per heavy atom. The van der Waals surface area contributed by atoms with Crippen molar-refractivity contribution in [2.45, 2.75) is 31.6 Å². The van der Waals surface area contributed by atoms with E-state index in [0.717, 1.165) is 24.4 Å². The molecular weight excluding hydrogens is 535 g/mol. The van der Waals surface area contributed by atoms with E-state index >= 15 is 0 Å². The van der Waals surface area contributed by atoms with E-state index < -0.39 is 64.4 Å². The van der Waals surface area contributed by atoms with Gasteiger partial charge in [0.25, 0.3) is 6.43 Å². The van der Waals surface area contributed by atoms with Gasteiger partial charge < -0.3 is 15.6 Å². The average Bonchev–Trinajstić information content (AvgIpc) is 3.64. The number of amides is 1. The first-order chi connectivity index (χ1) is 18.0. The molecule has 12 heteroatoms. The Hall–Kier alpha value is -3.73. The lowest BCUT2D eigenvalue weighted by Crippen LogP contribution is -2.37. The van der Waals surface area contributed by atoms with E-state index in [-0.39, 0.29) is 40.1 Å². The third-order valence-electron chi connectivity index (χ3n) is 6.51. The Morgan fingerprint density at radius 1 is 1.08 bits per heavy atom. The molecule has 3 unspecified atom stereocenters. The lowest BCUT2D eigenvalue weighted by Gasteiger charge is -2.18. The van der Waals surface area contributed by atoms with Crippen molar-refractivity contribution in [1.82, 2.24) is 0 Å². The number of aromatic carboxylic acids is 1. The van der Waals surface area contributed by atoms with Crippen LogP contribution in [-0.2, 0) is 4.79 Å². The van der Waals surface area contributed by atoms with E-state index in [1.54, 1.807) is 0 Å². The van der Waals surface area contributed by atoms with Crippen LogP contribution in [0.15, 0.2) is 54.7 Å². The molecule has 0 aliphatic heterocycles. The standard InChI is InChI=1S/C26H20ClF5N2O4/c27-19-7-6-16(23(29)30)21(22(19)28)13-3-8-20(34(38)11-13)18(10-14-9-17(14)24(31)32)25(35)33-15-4-1-12(2-5-15)26(36)37/h1-8,11,14,17-18,23-24H,9-10H2,(H,33,35)(H,36,37). The number of halogens is 6. The molecule has 1 amide bonds. The van der Waals surface area contributed by atoms with Crippen LogP contribution in [0.4, 0.5) is 27.6 Å².